The van der Waals surface area contributed by atoms with Crippen LogP contribution in [0.4, 0.5) is 0 Å². The molecule has 0 atom stereocenters. The number of aromatic nitrogens is 1. The highest BCUT2D eigenvalue weighted by molar-refractivity contribution is 7.89. The summed E-state index contributed by atoms with van der Waals surface area (Å²) < 4.78 is 26.1. The normalized spacial score (nSPS) is 15.4. The molecule has 0 bridgehead atoms. The van der Waals surface area contributed by atoms with Gasteiger partial charge in [0.05, 0.1) is 16.6 Å². The van der Waals surface area contributed by atoms with E-state index >= 15 is 0 Å². The molecule has 1 aliphatic rings. The zero-order valence-electron chi connectivity index (χ0n) is 16.5. The first-order valence-corrected chi connectivity index (χ1v) is 10.9. The number of aliphatic hydroxyl groups is 1. The van der Waals surface area contributed by atoms with Gasteiger partial charge in [-0.25, -0.2) is 18.8 Å². The summed E-state index contributed by atoms with van der Waals surface area (Å²) >= 11 is 6.23. The molecule has 0 radical (unpaired) electrons. The van der Waals surface area contributed by atoms with E-state index < -0.39 is 27.4 Å². The van der Waals surface area contributed by atoms with Crippen molar-refractivity contribution in [3.8, 4) is 0 Å². The van der Waals surface area contributed by atoms with E-state index in [0.717, 1.165) is 20.8 Å². The third-order valence-corrected chi connectivity index (χ3v) is 7.05. The van der Waals surface area contributed by atoms with Crippen molar-refractivity contribution in [3.63, 3.8) is 0 Å². The number of carbonyl (C=O) groups is 1. The summed E-state index contributed by atoms with van der Waals surface area (Å²) in [6.07, 6.45) is 1.30. The maximum atomic E-state index is 12.7. The summed E-state index contributed by atoms with van der Waals surface area (Å²) in [5.74, 6) is -1.35. The molecule has 2 aromatic carbocycles. The molecule has 0 saturated heterocycles. The van der Waals surface area contributed by atoms with E-state index in [9.17, 15) is 18.3 Å². The number of nitrogens with one attached hydrogen (secondary N) is 1. The summed E-state index contributed by atoms with van der Waals surface area (Å²) in [5.41, 5.74) is 4.05. The number of likely N-dealkylation sites (N-methyl/N-ethyl adjacent to an activating group) is 1. The van der Waals surface area contributed by atoms with E-state index in [1.54, 1.807) is 12.1 Å². The number of rotatable bonds is 3. The van der Waals surface area contributed by atoms with Crippen molar-refractivity contribution in [3.05, 3.63) is 76.1 Å². The average Bonchev–Trinajstić information content (AvgIpc) is 2.74. The Bertz CT molecular complexity index is 1400. The van der Waals surface area contributed by atoms with Crippen LogP contribution in [0.25, 0.3) is 16.7 Å². The fourth-order valence-electron chi connectivity index (χ4n) is 3.33. The van der Waals surface area contributed by atoms with Crippen LogP contribution in [0.15, 0.2) is 64.2 Å². The Kier molecular flexibility index (Phi) is 5.16. The maximum absolute atomic E-state index is 12.7. The Balaban J connectivity index is 1.64. The lowest BCUT2D eigenvalue weighted by atomic mass is 10.1. The number of aliphatic hydroxyl groups excluding tert-OH is 1. The van der Waals surface area contributed by atoms with Gasteiger partial charge in [0.1, 0.15) is 5.15 Å². The highest BCUT2D eigenvalue weighted by atomic mass is 35.5. The summed E-state index contributed by atoms with van der Waals surface area (Å²) in [4.78, 5) is 16.9. The summed E-state index contributed by atoms with van der Waals surface area (Å²) in [7, 11) is -2.80. The van der Waals surface area contributed by atoms with Gasteiger partial charge in [0.25, 0.3) is 15.9 Å². The molecule has 0 unspecified atom stereocenters. The molecule has 0 spiro atoms. The Labute approximate surface area is 183 Å². The quantitative estimate of drug-likeness (QED) is 0.357. The summed E-state index contributed by atoms with van der Waals surface area (Å²) in [5, 5.41) is 15.4. The zero-order chi connectivity index (χ0) is 22.3. The molecule has 10 heteroatoms. The van der Waals surface area contributed by atoms with Crippen molar-refractivity contribution < 1.29 is 18.3 Å². The molecule has 2 heterocycles. The van der Waals surface area contributed by atoms with Crippen molar-refractivity contribution in [2.45, 2.75) is 11.8 Å². The highest BCUT2D eigenvalue weighted by Crippen LogP contribution is 2.34. The number of para-hydroxylation sites is 1. The molecule has 158 valence electrons. The van der Waals surface area contributed by atoms with Gasteiger partial charge in [-0.1, -0.05) is 41.9 Å². The lowest BCUT2D eigenvalue weighted by molar-refractivity contribution is -0.118. The molecule has 0 saturated carbocycles. The van der Waals surface area contributed by atoms with Gasteiger partial charge in [0.15, 0.2) is 11.5 Å². The minimum Gasteiger partial charge on any atom is -0.505 e. The van der Waals surface area contributed by atoms with Crippen LogP contribution in [0, 0.1) is 6.92 Å². The van der Waals surface area contributed by atoms with E-state index in [0.29, 0.717) is 5.56 Å². The second-order valence-corrected chi connectivity index (χ2v) is 9.18. The third-order valence-electron chi connectivity index (χ3n) is 4.93. The first-order chi connectivity index (χ1) is 14.7. The largest absolute Gasteiger partial charge is 0.505 e. The predicted octanol–water partition coefficient (Wildman–Crippen LogP) is 3.21. The molecule has 8 nitrogen and oxygen atoms in total. The minimum atomic E-state index is -3.99. The molecule has 1 aliphatic heterocycles. The number of benzene rings is 2. The number of pyridine rings is 1. The van der Waals surface area contributed by atoms with E-state index in [1.165, 1.54) is 31.5 Å². The molecular formula is C21H17ClN4O4S. The SMILES string of the molecule is Cc1cccc2cc(/C=N/NC(=O)C3=C(O)c4ccccc4S(=O)(=O)N3C)c(Cl)nc12. The standard InChI is InChI=1S/C21H17ClN4O4S/c1-12-6-5-7-13-10-14(20(22)24-17(12)13)11-23-25-21(28)18-19(27)15-8-3-4-9-16(15)31(29,30)26(18)2/h3-11,27H,1-2H3,(H,25,28)/b23-11+. The lowest BCUT2D eigenvalue weighted by Gasteiger charge is -2.27. The van der Waals surface area contributed by atoms with Gasteiger partial charge in [0.2, 0.25) is 0 Å². The van der Waals surface area contributed by atoms with Crippen LogP contribution < -0.4 is 5.43 Å². The molecule has 1 aromatic heterocycles. The van der Waals surface area contributed by atoms with Gasteiger partial charge < -0.3 is 5.11 Å². The molecule has 31 heavy (non-hydrogen) atoms. The molecule has 3 aromatic rings. The van der Waals surface area contributed by atoms with Crippen LogP contribution in [-0.4, -0.2) is 42.0 Å². The van der Waals surface area contributed by atoms with Crippen LogP contribution >= 0.6 is 11.6 Å². The van der Waals surface area contributed by atoms with E-state index in [-0.39, 0.29) is 15.6 Å². The van der Waals surface area contributed by atoms with Gasteiger partial charge in [0, 0.05) is 23.6 Å². The molecule has 4 rings (SSSR count). The Morgan fingerprint density at radius 3 is 2.74 bits per heavy atom. The number of sulfonamides is 1. The molecule has 2 N–H and O–H groups in total. The van der Waals surface area contributed by atoms with Crippen molar-refractivity contribution in [2.24, 2.45) is 5.10 Å². The monoisotopic (exact) mass is 456 g/mol. The Hall–Kier alpha value is -3.43. The lowest BCUT2D eigenvalue weighted by Crippen LogP contribution is -2.38. The molecular weight excluding hydrogens is 440 g/mol. The molecule has 0 fully saturated rings. The summed E-state index contributed by atoms with van der Waals surface area (Å²) in [6.45, 7) is 1.92. The van der Waals surface area contributed by atoms with Crippen LogP contribution in [0.5, 0.6) is 0 Å². The number of aryl methyl sites for hydroxylation is 1. The van der Waals surface area contributed by atoms with Crippen molar-refractivity contribution >= 4 is 50.4 Å². The number of halogens is 1. The van der Waals surface area contributed by atoms with Gasteiger partial charge in [-0.2, -0.15) is 5.10 Å². The first-order valence-electron chi connectivity index (χ1n) is 9.12. The fraction of sp³-hybridized carbons (Fsp3) is 0.0952. The van der Waals surface area contributed by atoms with E-state index in [4.69, 9.17) is 11.6 Å². The minimum absolute atomic E-state index is 0.0480. The predicted molar refractivity (Wildman–Crippen MR) is 118 cm³/mol. The number of amides is 1. The second kappa shape index (κ2) is 7.68. The number of nitrogens with zero attached hydrogens (tertiary/aromatic N) is 3. The van der Waals surface area contributed by atoms with Crippen LogP contribution in [0.3, 0.4) is 0 Å². The van der Waals surface area contributed by atoms with Gasteiger partial charge in [-0.05, 0) is 30.7 Å². The maximum Gasteiger partial charge on any atom is 0.292 e. The van der Waals surface area contributed by atoms with E-state index in [2.05, 4.69) is 15.5 Å². The number of carbonyl (C=O) groups excluding carboxylic acids is 1. The Morgan fingerprint density at radius 2 is 1.97 bits per heavy atom. The second-order valence-electron chi connectivity index (χ2n) is 6.88. The smallest absolute Gasteiger partial charge is 0.292 e. The fourth-order valence-corrected chi connectivity index (χ4v) is 4.91. The Morgan fingerprint density at radius 1 is 1.23 bits per heavy atom. The number of hydrogen-bond acceptors (Lipinski definition) is 6. The average molecular weight is 457 g/mol. The zero-order valence-corrected chi connectivity index (χ0v) is 18.1. The van der Waals surface area contributed by atoms with Crippen molar-refractivity contribution in [1.29, 1.82) is 0 Å². The number of fused-ring (bicyclic) bond motifs is 2. The number of hydrogen-bond donors (Lipinski definition) is 2. The van der Waals surface area contributed by atoms with Crippen molar-refractivity contribution in [1.82, 2.24) is 14.7 Å². The number of hydrazone groups is 1. The van der Waals surface area contributed by atoms with Crippen LogP contribution in [0.2, 0.25) is 5.15 Å². The van der Waals surface area contributed by atoms with Gasteiger partial charge in [-0.3, -0.25) is 9.10 Å². The summed E-state index contributed by atoms with van der Waals surface area (Å²) in [6, 6.07) is 13.4. The molecule has 1 amide bonds. The van der Waals surface area contributed by atoms with Gasteiger partial charge in [-0.15, -0.1) is 0 Å². The molecule has 0 aliphatic carbocycles. The van der Waals surface area contributed by atoms with Crippen molar-refractivity contribution in [2.75, 3.05) is 7.05 Å². The van der Waals surface area contributed by atoms with Crippen LogP contribution in [-0.2, 0) is 14.8 Å². The van der Waals surface area contributed by atoms with Gasteiger partial charge >= 0.3 is 0 Å². The first kappa shape index (κ1) is 20.8. The highest BCUT2D eigenvalue weighted by Gasteiger charge is 2.37. The van der Waals surface area contributed by atoms with E-state index in [1.807, 2.05) is 25.1 Å². The van der Waals surface area contributed by atoms with Crippen LogP contribution in [0.1, 0.15) is 16.7 Å². The topological polar surface area (TPSA) is 112 Å². The third kappa shape index (κ3) is 3.51.